The minimum atomic E-state index is -0.117. The first-order chi connectivity index (χ1) is 9.33. The van der Waals surface area contributed by atoms with Gasteiger partial charge < -0.3 is 10.6 Å². The largest absolute Gasteiger partial charge is 0.351 e. The first-order valence-electron chi connectivity index (χ1n) is 6.42. The summed E-state index contributed by atoms with van der Waals surface area (Å²) in [6, 6.07) is 10.2. The molecule has 4 heteroatoms. The number of thiophene rings is 1. The molecule has 19 heavy (non-hydrogen) atoms. The van der Waals surface area contributed by atoms with E-state index in [4.69, 9.17) is 0 Å². The van der Waals surface area contributed by atoms with Crippen molar-refractivity contribution in [2.45, 2.75) is 25.6 Å². The summed E-state index contributed by atoms with van der Waals surface area (Å²) in [4.78, 5) is 12.1. The van der Waals surface area contributed by atoms with Gasteiger partial charge in [0.15, 0.2) is 0 Å². The maximum absolute atomic E-state index is 12.1. The van der Waals surface area contributed by atoms with Crippen LogP contribution in [0.25, 0.3) is 0 Å². The number of carbonyl (C=O) groups is 1. The second kappa shape index (κ2) is 5.55. The van der Waals surface area contributed by atoms with E-state index in [1.165, 1.54) is 11.1 Å². The third-order valence-electron chi connectivity index (χ3n) is 3.44. The average Bonchev–Trinajstić information content (AvgIpc) is 2.97. The predicted octanol–water partition coefficient (Wildman–Crippen LogP) is 2.08. The highest BCUT2D eigenvalue weighted by Gasteiger charge is 2.23. The fraction of sp³-hybridized carbons (Fsp3) is 0.267. The van der Waals surface area contributed by atoms with Gasteiger partial charge in [0.1, 0.15) is 0 Å². The molecule has 1 aliphatic rings. The van der Waals surface area contributed by atoms with Crippen LogP contribution in [0, 0.1) is 0 Å². The molecule has 0 bridgehead atoms. The Balaban J connectivity index is 1.60. The van der Waals surface area contributed by atoms with Crippen molar-refractivity contribution in [1.82, 2.24) is 10.6 Å². The molecule has 1 unspecified atom stereocenters. The van der Waals surface area contributed by atoms with Gasteiger partial charge in [-0.05, 0) is 39.9 Å². The van der Waals surface area contributed by atoms with E-state index in [2.05, 4.69) is 28.1 Å². The summed E-state index contributed by atoms with van der Waals surface area (Å²) in [6.07, 6.45) is 0.769. The van der Waals surface area contributed by atoms with E-state index in [1.807, 2.05) is 23.6 Å². The Morgan fingerprint density at radius 2 is 2.16 bits per heavy atom. The fourth-order valence-electron chi connectivity index (χ4n) is 2.35. The molecule has 1 aromatic heterocycles. The summed E-state index contributed by atoms with van der Waals surface area (Å²) in [5, 5.41) is 10.4. The lowest BCUT2D eigenvalue weighted by molar-refractivity contribution is -0.123. The number of amides is 1. The number of benzene rings is 1. The van der Waals surface area contributed by atoms with Crippen LogP contribution in [-0.4, -0.2) is 11.9 Å². The van der Waals surface area contributed by atoms with E-state index in [-0.39, 0.29) is 11.9 Å². The molecular formula is C15H16N2OS. The monoisotopic (exact) mass is 272 g/mol. The molecule has 0 fully saturated rings. The first-order valence-corrected chi connectivity index (χ1v) is 7.36. The number of rotatable bonds is 3. The lowest BCUT2D eigenvalue weighted by Crippen LogP contribution is -2.47. The number of hydrogen-bond donors (Lipinski definition) is 2. The van der Waals surface area contributed by atoms with Gasteiger partial charge in [-0.2, -0.15) is 11.3 Å². The molecule has 98 valence electrons. The standard InChI is InChI=1S/C15H16N2OS/c18-15(17-8-11-5-6-19-10-11)14-7-12-3-1-2-4-13(12)9-16-14/h1-6,10,14,16H,7-9H2,(H,17,18). The molecule has 2 heterocycles. The SMILES string of the molecule is O=C(NCc1ccsc1)C1Cc2ccccc2CN1. The third-order valence-corrected chi connectivity index (χ3v) is 4.18. The van der Waals surface area contributed by atoms with Gasteiger partial charge >= 0.3 is 0 Å². The van der Waals surface area contributed by atoms with Crippen LogP contribution < -0.4 is 10.6 Å². The van der Waals surface area contributed by atoms with Gasteiger partial charge in [-0.1, -0.05) is 24.3 Å². The maximum atomic E-state index is 12.1. The fourth-order valence-corrected chi connectivity index (χ4v) is 3.01. The van der Waals surface area contributed by atoms with Crippen LogP contribution in [0.1, 0.15) is 16.7 Å². The molecule has 1 aromatic carbocycles. The predicted molar refractivity (Wildman–Crippen MR) is 76.9 cm³/mol. The van der Waals surface area contributed by atoms with Crippen molar-refractivity contribution in [3.63, 3.8) is 0 Å². The molecular weight excluding hydrogens is 256 g/mol. The molecule has 1 amide bonds. The Morgan fingerprint density at radius 3 is 2.95 bits per heavy atom. The van der Waals surface area contributed by atoms with E-state index in [9.17, 15) is 4.79 Å². The smallest absolute Gasteiger partial charge is 0.237 e. The van der Waals surface area contributed by atoms with Gasteiger partial charge in [0, 0.05) is 13.1 Å². The van der Waals surface area contributed by atoms with Gasteiger partial charge in [-0.15, -0.1) is 0 Å². The van der Waals surface area contributed by atoms with Crippen LogP contribution >= 0.6 is 11.3 Å². The lowest BCUT2D eigenvalue weighted by atomic mass is 9.95. The van der Waals surface area contributed by atoms with Crippen LogP contribution in [0.3, 0.4) is 0 Å². The Kier molecular flexibility index (Phi) is 3.62. The second-order valence-corrected chi connectivity index (χ2v) is 5.54. The topological polar surface area (TPSA) is 41.1 Å². The highest BCUT2D eigenvalue weighted by molar-refractivity contribution is 7.07. The molecule has 1 aliphatic heterocycles. The Morgan fingerprint density at radius 1 is 1.32 bits per heavy atom. The molecule has 0 spiro atoms. The zero-order valence-electron chi connectivity index (χ0n) is 10.6. The number of nitrogens with one attached hydrogen (secondary N) is 2. The van der Waals surface area contributed by atoms with E-state index < -0.39 is 0 Å². The van der Waals surface area contributed by atoms with Gasteiger partial charge in [0.05, 0.1) is 6.04 Å². The molecule has 0 saturated heterocycles. The van der Waals surface area contributed by atoms with Crippen molar-refractivity contribution in [3.05, 3.63) is 57.8 Å². The summed E-state index contributed by atoms with van der Waals surface area (Å²) in [5.41, 5.74) is 3.73. The summed E-state index contributed by atoms with van der Waals surface area (Å²) in [5.74, 6) is 0.0840. The second-order valence-electron chi connectivity index (χ2n) is 4.76. The van der Waals surface area contributed by atoms with Gasteiger partial charge in [0.2, 0.25) is 5.91 Å². The van der Waals surface area contributed by atoms with Crippen LogP contribution in [0.4, 0.5) is 0 Å². The van der Waals surface area contributed by atoms with Crippen molar-refractivity contribution in [1.29, 1.82) is 0 Å². The average molecular weight is 272 g/mol. The molecule has 3 rings (SSSR count). The van der Waals surface area contributed by atoms with Crippen molar-refractivity contribution >= 4 is 17.2 Å². The molecule has 1 atom stereocenters. The number of hydrogen-bond acceptors (Lipinski definition) is 3. The Hall–Kier alpha value is -1.65. The van der Waals surface area contributed by atoms with Gasteiger partial charge in [-0.3, -0.25) is 4.79 Å². The van der Waals surface area contributed by atoms with Crippen molar-refractivity contribution in [2.24, 2.45) is 0 Å². The Labute approximate surface area is 116 Å². The van der Waals surface area contributed by atoms with Crippen molar-refractivity contribution in [3.8, 4) is 0 Å². The van der Waals surface area contributed by atoms with E-state index in [1.54, 1.807) is 11.3 Å². The minimum Gasteiger partial charge on any atom is -0.351 e. The van der Waals surface area contributed by atoms with Crippen molar-refractivity contribution < 1.29 is 4.79 Å². The summed E-state index contributed by atoms with van der Waals surface area (Å²) in [7, 11) is 0. The first kappa shape index (κ1) is 12.4. The maximum Gasteiger partial charge on any atom is 0.237 e. The number of fused-ring (bicyclic) bond motifs is 1. The molecule has 3 nitrogen and oxygen atoms in total. The third kappa shape index (κ3) is 2.85. The lowest BCUT2D eigenvalue weighted by Gasteiger charge is -2.25. The highest BCUT2D eigenvalue weighted by atomic mass is 32.1. The molecule has 2 aromatic rings. The van der Waals surface area contributed by atoms with E-state index >= 15 is 0 Å². The molecule has 0 aliphatic carbocycles. The summed E-state index contributed by atoms with van der Waals surface area (Å²) < 4.78 is 0. The van der Waals surface area contributed by atoms with Crippen LogP contribution in [-0.2, 0) is 24.3 Å². The van der Waals surface area contributed by atoms with Crippen LogP contribution in [0.15, 0.2) is 41.1 Å². The number of carbonyl (C=O) groups excluding carboxylic acids is 1. The van der Waals surface area contributed by atoms with E-state index in [0.29, 0.717) is 6.54 Å². The van der Waals surface area contributed by atoms with Crippen molar-refractivity contribution in [2.75, 3.05) is 0 Å². The zero-order chi connectivity index (χ0) is 13.1. The molecule has 2 N–H and O–H groups in total. The van der Waals surface area contributed by atoms with Crippen LogP contribution in [0.2, 0.25) is 0 Å². The van der Waals surface area contributed by atoms with Crippen LogP contribution in [0.5, 0.6) is 0 Å². The van der Waals surface area contributed by atoms with E-state index in [0.717, 1.165) is 18.5 Å². The Bertz CT molecular complexity index is 565. The normalized spacial score (nSPS) is 17.8. The summed E-state index contributed by atoms with van der Waals surface area (Å²) in [6.45, 7) is 1.38. The van der Waals surface area contributed by atoms with Gasteiger partial charge in [0.25, 0.3) is 0 Å². The summed E-state index contributed by atoms with van der Waals surface area (Å²) >= 11 is 1.65. The molecule has 0 radical (unpaired) electrons. The molecule has 0 saturated carbocycles. The highest BCUT2D eigenvalue weighted by Crippen LogP contribution is 2.16. The quantitative estimate of drug-likeness (QED) is 0.898. The van der Waals surface area contributed by atoms with Gasteiger partial charge in [-0.25, -0.2) is 0 Å². The zero-order valence-corrected chi connectivity index (χ0v) is 11.4. The minimum absolute atomic E-state index is 0.0840.